The van der Waals surface area contributed by atoms with E-state index in [1.165, 1.54) is 16.3 Å². The van der Waals surface area contributed by atoms with E-state index in [-0.39, 0.29) is 0 Å². The molecule has 4 rings (SSSR count). The normalized spacial score (nSPS) is 10.9. The average Bonchev–Trinajstić information content (AvgIpc) is 2.70. The smallest absolute Gasteiger partial charge is 0.128 e. The second-order valence-electron chi connectivity index (χ2n) is 6.91. The molecule has 0 aliphatic heterocycles. The van der Waals surface area contributed by atoms with E-state index in [0.717, 1.165) is 23.0 Å². The van der Waals surface area contributed by atoms with Gasteiger partial charge in [-0.25, -0.2) is 0 Å². The largest absolute Gasteiger partial charge is 0.457 e. The number of hydrogen-bond donors (Lipinski definition) is 0. The molecular weight excluding hydrogens is 332 g/mol. The molecule has 0 spiro atoms. The highest BCUT2D eigenvalue weighted by molar-refractivity contribution is 5.84. The molecule has 134 valence electrons. The lowest BCUT2D eigenvalue weighted by atomic mass is 9.99. The Hall–Kier alpha value is -3.26. The van der Waals surface area contributed by atoms with Gasteiger partial charge in [-0.1, -0.05) is 56.3 Å². The van der Waals surface area contributed by atoms with Crippen LogP contribution < -0.4 is 9.47 Å². The summed E-state index contributed by atoms with van der Waals surface area (Å²) in [5, 5.41) is 2.42. The zero-order valence-electron chi connectivity index (χ0n) is 15.6. The van der Waals surface area contributed by atoms with Gasteiger partial charge in [-0.15, -0.1) is 0 Å². The van der Waals surface area contributed by atoms with Gasteiger partial charge in [0.05, 0.1) is 0 Å². The van der Waals surface area contributed by atoms with E-state index in [1.54, 1.807) is 0 Å². The first-order valence-electron chi connectivity index (χ1n) is 9.22. The second-order valence-corrected chi connectivity index (χ2v) is 6.91. The minimum absolute atomic E-state index is 0.530. The Morgan fingerprint density at radius 3 is 1.70 bits per heavy atom. The molecule has 0 bridgehead atoms. The van der Waals surface area contributed by atoms with Gasteiger partial charge >= 0.3 is 0 Å². The standard InChI is InChI=1S/C25H22O2/c1-18(2)19-8-9-21-17-25(11-10-20(21)16-19)27-24-14-12-23(13-15-24)26-22-6-4-3-5-7-22/h3-18H,1-2H3. The number of fused-ring (bicyclic) bond motifs is 1. The maximum absolute atomic E-state index is 6.01. The third-order valence-corrected chi connectivity index (χ3v) is 4.54. The topological polar surface area (TPSA) is 18.5 Å². The van der Waals surface area contributed by atoms with Crippen LogP contribution in [0.2, 0.25) is 0 Å². The van der Waals surface area contributed by atoms with Gasteiger partial charge in [0, 0.05) is 0 Å². The predicted molar refractivity (Wildman–Crippen MR) is 111 cm³/mol. The molecule has 4 aromatic carbocycles. The Balaban J connectivity index is 1.49. The van der Waals surface area contributed by atoms with Gasteiger partial charge in [0.1, 0.15) is 23.0 Å². The minimum atomic E-state index is 0.530. The molecule has 0 saturated heterocycles. The summed E-state index contributed by atoms with van der Waals surface area (Å²) >= 11 is 0. The van der Waals surface area contributed by atoms with E-state index in [0.29, 0.717) is 5.92 Å². The third kappa shape index (κ3) is 4.12. The summed E-state index contributed by atoms with van der Waals surface area (Å²) in [6.45, 7) is 4.42. The number of rotatable bonds is 5. The molecule has 0 aliphatic carbocycles. The first kappa shape index (κ1) is 17.2. The van der Waals surface area contributed by atoms with Crippen molar-refractivity contribution in [1.82, 2.24) is 0 Å². The molecule has 4 aromatic rings. The molecule has 0 heterocycles. The first-order chi connectivity index (χ1) is 13.2. The van der Waals surface area contributed by atoms with Crippen molar-refractivity contribution in [2.24, 2.45) is 0 Å². The summed E-state index contributed by atoms with van der Waals surface area (Å²) in [4.78, 5) is 0. The van der Waals surface area contributed by atoms with E-state index < -0.39 is 0 Å². The van der Waals surface area contributed by atoms with E-state index in [1.807, 2.05) is 60.7 Å². The van der Waals surface area contributed by atoms with E-state index in [4.69, 9.17) is 9.47 Å². The first-order valence-corrected chi connectivity index (χ1v) is 9.22. The summed E-state index contributed by atoms with van der Waals surface area (Å²) < 4.78 is 11.8. The van der Waals surface area contributed by atoms with Gasteiger partial charge < -0.3 is 9.47 Å². The van der Waals surface area contributed by atoms with Crippen molar-refractivity contribution < 1.29 is 9.47 Å². The number of para-hydroxylation sites is 1. The second kappa shape index (κ2) is 7.55. The lowest BCUT2D eigenvalue weighted by Gasteiger charge is -2.10. The Morgan fingerprint density at radius 2 is 1.04 bits per heavy atom. The molecule has 27 heavy (non-hydrogen) atoms. The summed E-state index contributed by atoms with van der Waals surface area (Å²) in [6.07, 6.45) is 0. The van der Waals surface area contributed by atoms with Gasteiger partial charge in [-0.05, 0) is 70.8 Å². The molecule has 0 aromatic heterocycles. The van der Waals surface area contributed by atoms with Crippen LogP contribution in [-0.2, 0) is 0 Å². The summed E-state index contributed by atoms with van der Waals surface area (Å²) in [6, 6.07) is 30.2. The van der Waals surface area contributed by atoms with Gasteiger partial charge in [-0.2, -0.15) is 0 Å². The molecule has 0 radical (unpaired) electrons. The van der Waals surface area contributed by atoms with Crippen LogP contribution >= 0.6 is 0 Å². The third-order valence-electron chi connectivity index (χ3n) is 4.54. The minimum Gasteiger partial charge on any atom is -0.457 e. The Morgan fingerprint density at radius 1 is 0.519 bits per heavy atom. The van der Waals surface area contributed by atoms with Crippen molar-refractivity contribution in [3.8, 4) is 23.0 Å². The van der Waals surface area contributed by atoms with E-state index in [2.05, 4.69) is 44.2 Å². The lowest BCUT2D eigenvalue weighted by molar-refractivity contribution is 0.469. The zero-order chi connectivity index (χ0) is 18.6. The van der Waals surface area contributed by atoms with Crippen LogP contribution in [0.25, 0.3) is 10.8 Å². The number of ether oxygens (including phenoxy) is 2. The van der Waals surface area contributed by atoms with Crippen LogP contribution in [0, 0.1) is 0 Å². The highest BCUT2D eigenvalue weighted by atomic mass is 16.5. The maximum Gasteiger partial charge on any atom is 0.128 e. The average molecular weight is 354 g/mol. The van der Waals surface area contributed by atoms with Crippen molar-refractivity contribution in [2.45, 2.75) is 19.8 Å². The molecule has 0 fully saturated rings. The van der Waals surface area contributed by atoms with Crippen LogP contribution in [0.3, 0.4) is 0 Å². The fourth-order valence-corrected chi connectivity index (χ4v) is 3.00. The lowest BCUT2D eigenvalue weighted by Crippen LogP contribution is -1.88. The van der Waals surface area contributed by atoms with Gasteiger partial charge in [0.2, 0.25) is 0 Å². The Labute approximate surface area is 160 Å². The van der Waals surface area contributed by atoms with E-state index in [9.17, 15) is 0 Å². The van der Waals surface area contributed by atoms with Crippen molar-refractivity contribution in [3.05, 3.63) is 96.6 Å². The van der Waals surface area contributed by atoms with Gasteiger partial charge in [-0.3, -0.25) is 0 Å². The van der Waals surface area contributed by atoms with Crippen molar-refractivity contribution >= 4 is 10.8 Å². The fraction of sp³-hybridized carbons (Fsp3) is 0.120. The summed E-state index contributed by atoms with van der Waals surface area (Å²) in [5.74, 6) is 3.75. The molecule has 0 amide bonds. The quantitative estimate of drug-likeness (QED) is 0.368. The number of benzene rings is 4. The summed E-state index contributed by atoms with van der Waals surface area (Å²) in [5.41, 5.74) is 1.35. The van der Waals surface area contributed by atoms with Crippen LogP contribution in [0.15, 0.2) is 91.0 Å². The highest BCUT2D eigenvalue weighted by Gasteiger charge is 2.04. The van der Waals surface area contributed by atoms with Crippen molar-refractivity contribution in [3.63, 3.8) is 0 Å². The maximum atomic E-state index is 6.01. The Kier molecular flexibility index (Phi) is 4.80. The van der Waals surface area contributed by atoms with Crippen LogP contribution in [0.4, 0.5) is 0 Å². The molecule has 0 atom stereocenters. The predicted octanol–water partition coefficient (Wildman–Crippen LogP) is 7.55. The molecular formula is C25H22O2. The molecule has 0 unspecified atom stereocenters. The molecule has 2 heteroatoms. The monoisotopic (exact) mass is 354 g/mol. The Bertz CT molecular complexity index is 1030. The van der Waals surface area contributed by atoms with Crippen molar-refractivity contribution in [1.29, 1.82) is 0 Å². The molecule has 0 aliphatic rings. The van der Waals surface area contributed by atoms with Crippen LogP contribution in [0.5, 0.6) is 23.0 Å². The van der Waals surface area contributed by atoms with Gasteiger partial charge in [0.25, 0.3) is 0 Å². The van der Waals surface area contributed by atoms with E-state index >= 15 is 0 Å². The van der Waals surface area contributed by atoms with Crippen molar-refractivity contribution in [2.75, 3.05) is 0 Å². The number of hydrogen-bond acceptors (Lipinski definition) is 2. The zero-order valence-corrected chi connectivity index (χ0v) is 15.6. The van der Waals surface area contributed by atoms with Gasteiger partial charge in [0.15, 0.2) is 0 Å². The van der Waals surface area contributed by atoms with Crippen LogP contribution in [-0.4, -0.2) is 0 Å². The highest BCUT2D eigenvalue weighted by Crippen LogP contribution is 2.29. The SMILES string of the molecule is CC(C)c1ccc2cc(Oc3ccc(Oc4ccccc4)cc3)ccc2c1. The summed E-state index contributed by atoms with van der Waals surface area (Å²) in [7, 11) is 0. The molecule has 0 N–H and O–H groups in total. The molecule has 0 saturated carbocycles. The molecule has 2 nitrogen and oxygen atoms in total. The van der Waals surface area contributed by atoms with Crippen LogP contribution in [0.1, 0.15) is 25.3 Å². The fourth-order valence-electron chi connectivity index (χ4n) is 3.00.